The summed E-state index contributed by atoms with van der Waals surface area (Å²) >= 11 is 0. The van der Waals surface area contributed by atoms with E-state index >= 15 is 0 Å². The molecule has 0 saturated carbocycles. The monoisotopic (exact) mass is 259 g/mol. The van der Waals surface area contributed by atoms with Crippen LogP contribution in [0.3, 0.4) is 0 Å². The van der Waals surface area contributed by atoms with Gasteiger partial charge in [-0.1, -0.05) is 6.07 Å². The molecular formula is C13H9NO5. The van der Waals surface area contributed by atoms with E-state index in [9.17, 15) is 14.4 Å². The van der Waals surface area contributed by atoms with Gasteiger partial charge in [0.1, 0.15) is 11.1 Å². The summed E-state index contributed by atoms with van der Waals surface area (Å²) in [5, 5.41) is 9.28. The van der Waals surface area contributed by atoms with E-state index < -0.39 is 23.1 Å². The molecule has 0 unspecified atom stereocenters. The molecule has 0 aliphatic rings. The van der Waals surface area contributed by atoms with Crippen LogP contribution in [-0.4, -0.2) is 17.0 Å². The zero-order valence-corrected chi connectivity index (χ0v) is 9.62. The van der Waals surface area contributed by atoms with E-state index in [0.29, 0.717) is 10.9 Å². The summed E-state index contributed by atoms with van der Waals surface area (Å²) in [5.74, 6) is -1.94. The van der Waals surface area contributed by atoms with Crippen molar-refractivity contribution in [3.8, 4) is 0 Å². The third-order valence-corrected chi connectivity index (χ3v) is 2.43. The molecule has 19 heavy (non-hydrogen) atoms. The van der Waals surface area contributed by atoms with E-state index in [0.717, 1.165) is 0 Å². The van der Waals surface area contributed by atoms with Crippen LogP contribution in [0.25, 0.3) is 17.0 Å². The van der Waals surface area contributed by atoms with Crippen molar-refractivity contribution in [3.63, 3.8) is 0 Å². The summed E-state index contributed by atoms with van der Waals surface area (Å²) in [6.07, 6.45) is 2.66. The zero-order chi connectivity index (χ0) is 14.0. The highest BCUT2D eigenvalue weighted by molar-refractivity contribution is 5.93. The van der Waals surface area contributed by atoms with Crippen molar-refractivity contribution < 1.29 is 19.1 Å². The number of carboxylic acid groups (broad SMARTS) is 1. The highest BCUT2D eigenvalue weighted by atomic mass is 16.4. The first-order valence-corrected chi connectivity index (χ1v) is 5.26. The number of amides is 1. The SMILES string of the molecule is NC(=O)C=Cc1ccc2oc(=O)c(C(=O)O)cc2c1. The van der Waals surface area contributed by atoms with Gasteiger partial charge in [-0.05, 0) is 29.8 Å². The van der Waals surface area contributed by atoms with Crippen LogP contribution in [0.4, 0.5) is 0 Å². The lowest BCUT2D eigenvalue weighted by atomic mass is 10.1. The van der Waals surface area contributed by atoms with Crippen molar-refractivity contribution in [2.45, 2.75) is 0 Å². The van der Waals surface area contributed by atoms with Crippen molar-refractivity contribution in [1.29, 1.82) is 0 Å². The number of carboxylic acids is 1. The van der Waals surface area contributed by atoms with Gasteiger partial charge in [0.2, 0.25) is 5.91 Å². The van der Waals surface area contributed by atoms with Gasteiger partial charge in [-0.25, -0.2) is 9.59 Å². The fraction of sp³-hybridized carbons (Fsp3) is 0. The number of carbonyl (C=O) groups is 2. The smallest absolute Gasteiger partial charge is 0.351 e. The minimum atomic E-state index is -1.35. The van der Waals surface area contributed by atoms with Gasteiger partial charge in [0, 0.05) is 11.5 Å². The van der Waals surface area contributed by atoms with Crippen LogP contribution in [0.15, 0.2) is 39.6 Å². The normalized spacial score (nSPS) is 10.9. The molecular weight excluding hydrogens is 250 g/mol. The highest BCUT2D eigenvalue weighted by Gasteiger charge is 2.11. The Hall–Kier alpha value is -2.89. The molecule has 0 aliphatic heterocycles. The summed E-state index contributed by atoms with van der Waals surface area (Å²) in [7, 11) is 0. The predicted octanol–water partition coefficient (Wildman–Crippen LogP) is 0.990. The molecule has 1 aromatic heterocycles. The Kier molecular flexibility index (Phi) is 3.15. The van der Waals surface area contributed by atoms with Gasteiger partial charge >= 0.3 is 11.6 Å². The molecule has 0 fully saturated rings. The van der Waals surface area contributed by atoms with Gasteiger partial charge in [-0.2, -0.15) is 0 Å². The number of rotatable bonds is 3. The zero-order valence-electron chi connectivity index (χ0n) is 9.62. The Morgan fingerprint density at radius 2 is 2.00 bits per heavy atom. The number of aromatic carboxylic acids is 1. The minimum Gasteiger partial charge on any atom is -0.477 e. The lowest BCUT2D eigenvalue weighted by Gasteiger charge is -2.00. The van der Waals surface area contributed by atoms with Gasteiger partial charge in [0.25, 0.3) is 0 Å². The Balaban J connectivity index is 2.58. The molecule has 0 radical (unpaired) electrons. The van der Waals surface area contributed by atoms with Gasteiger partial charge < -0.3 is 15.3 Å². The van der Waals surface area contributed by atoms with Crippen LogP contribution in [0.5, 0.6) is 0 Å². The van der Waals surface area contributed by atoms with Crippen LogP contribution in [0, 0.1) is 0 Å². The molecule has 3 N–H and O–H groups in total. The average Bonchev–Trinajstić information content (AvgIpc) is 2.35. The van der Waals surface area contributed by atoms with Crippen molar-refractivity contribution >= 4 is 28.9 Å². The maximum absolute atomic E-state index is 11.4. The van der Waals surface area contributed by atoms with Gasteiger partial charge in [0.15, 0.2) is 0 Å². The predicted molar refractivity (Wildman–Crippen MR) is 67.7 cm³/mol. The Labute approximate surface area is 106 Å². The fourth-order valence-electron chi connectivity index (χ4n) is 1.57. The molecule has 1 amide bonds. The van der Waals surface area contributed by atoms with Crippen LogP contribution in [0.2, 0.25) is 0 Å². The molecule has 6 nitrogen and oxygen atoms in total. The quantitative estimate of drug-likeness (QED) is 0.630. The molecule has 0 aliphatic carbocycles. The van der Waals surface area contributed by atoms with Crippen LogP contribution >= 0.6 is 0 Å². The van der Waals surface area contributed by atoms with E-state index in [1.807, 2.05) is 0 Å². The summed E-state index contributed by atoms with van der Waals surface area (Å²) in [5.41, 5.74) is 4.54. The number of fused-ring (bicyclic) bond motifs is 1. The average molecular weight is 259 g/mol. The molecule has 2 rings (SSSR count). The van der Waals surface area contributed by atoms with Crippen molar-refractivity contribution in [3.05, 3.63) is 51.9 Å². The maximum Gasteiger partial charge on any atom is 0.351 e. The number of benzene rings is 1. The Bertz CT molecular complexity index is 757. The fourth-order valence-corrected chi connectivity index (χ4v) is 1.57. The number of carbonyl (C=O) groups excluding carboxylic acids is 1. The molecule has 0 saturated heterocycles. The first-order valence-electron chi connectivity index (χ1n) is 5.26. The van der Waals surface area contributed by atoms with E-state index in [1.165, 1.54) is 24.3 Å². The minimum absolute atomic E-state index is 0.270. The number of nitrogens with two attached hydrogens (primary N) is 1. The van der Waals surface area contributed by atoms with E-state index in [2.05, 4.69) is 0 Å². The topological polar surface area (TPSA) is 111 Å². The molecule has 6 heteroatoms. The van der Waals surface area contributed by atoms with Gasteiger partial charge in [-0.15, -0.1) is 0 Å². The molecule has 0 atom stereocenters. The van der Waals surface area contributed by atoms with E-state index in [4.69, 9.17) is 15.3 Å². The maximum atomic E-state index is 11.4. The van der Waals surface area contributed by atoms with Gasteiger partial charge in [-0.3, -0.25) is 4.79 Å². The lowest BCUT2D eigenvalue weighted by molar-refractivity contribution is -0.113. The van der Waals surface area contributed by atoms with Gasteiger partial charge in [0.05, 0.1) is 0 Å². The number of hydrogen-bond donors (Lipinski definition) is 2. The van der Waals surface area contributed by atoms with Crippen molar-refractivity contribution in [2.75, 3.05) is 0 Å². The first-order chi connectivity index (χ1) is 8.97. The third-order valence-electron chi connectivity index (χ3n) is 2.43. The molecule has 1 heterocycles. The lowest BCUT2D eigenvalue weighted by Crippen LogP contribution is -2.12. The molecule has 1 aromatic carbocycles. The number of hydrogen-bond acceptors (Lipinski definition) is 4. The second kappa shape index (κ2) is 4.77. The van der Waals surface area contributed by atoms with Crippen LogP contribution in [-0.2, 0) is 4.79 Å². The molecule has 2 aromatic rings. The summed E-state index contributed by atoms with van der Waals surface area (Å²) in [4.78, 5) is 32.8. The second-order valence-corrected chi connectivity index (χ2v) is 3.79. The Morgan fingerprint density at radius 3 is 2.63 bits per heavy atom. The molecule has 0 bridgehead atoms. The highest BCUT2D eigenvalue weighted by Crippen LogP contribution is 2.16. The largest absolute Gasteiger partial charge is 0.477 e. The molecule has 96 valence electrons. The van der Waals surface area contributed by atoms with E-state index in [-0.39, 0.29) is 5.58 Å². The van der Waals surface area contributed by atoms with Crippen LogP contribution in [0.1, 0.15) is 15.9 Å². The summed E-state index contributed by atoms with van der Waals surface area (Å²) < 4.78 is 4.88. The Morgan fingerprint density at radius 1 is 1.26 bits per heavy atom. The van der Waals surface area contributed by atoms with Crippen molar-refractivity contribution in [1.82, 2.24) is 0 Å². The summed E-state index contributed by atoms with van der Waals surface area (Å²) in [6, 6.07) is 5.95. The second-order valence-electron chi connectivity index (χ2n) is 3.79. The standard InChI is InChI=1S/C13H9NO5/c14-11(15)4-2-7-1-3-10-8(5-7)6-9(12(16)17)13(18)19-10/h1-6H,(H2,14,15)(H,16,17). The van der Waals surface area contributed by atoms with E-state index in [1.54, 1.807) is 12.1 Å². The number of primary amides is 1. The third kappa shape index (κ3) is 2.68. The van der Waals surface area contributed by atoms with Crippen LogP contribution < -0.4 is 11.4 Å². The van der Waals surface area contributed by atoms with Crippen molar-refractivity contribution in [2.24, 2.45) is 5.73 Å². The summed E-state index contributed by atoms with van der Waals surface area (Å²) in [6.45, 7) is 0. The first kappa shape index (κ1) is 12.6. The molecule has 0 spiro atoms.